The molecular formula is C10H18N2O2. The van der Waals surface area contributed by atoms with E-state index in [4.69, 9.17) is 10.8 Å². The van der Waals surface area contributed by atoms with Crippen LogP contribution in [0.3, 0.4) is 0 Å². The van der Waals surface area contributed by atoms with Crippen LogP contribution in [0.15, 0.2) is 12.7 Å². The highest BCUT2D eigenvalue weighted by atomic mass is 16.3. The maximum absolute atomic E-state index is 11.7. The van der Waals surface area contributed by atoms with E-state index in [1.165, 1.54) is 0 Å². The predicted octanol–water partition coefficient (Wildman–Crippen LogP) is -0.127. The smallest absolute Gasteiger partial charge is 0.240 e. The van der Waals surface area contributed by atoms with E-state index in [0.29, 0.717) is 19.0 Å². The second kappa shape index (κ2) is 5.12. The fraction of sp³-hybridized carbons (Fsp3) is 0.700. The lowest BCUT2D eigenvalue weighted by Gasteiger charge is -2.24. The molecule has 0 aliphatic heterocycles. The molecule has 3 N–H and O–H groups in total. The van der Waals surface area contributed by atoms with Crippen molar-refractivity contribution in [2.75, 3.05) is 13.2 Å². The molecular weight excluding hydrogens is 180 g/mol. The first-order chi connectivity index (χ1) is 6.70. The van der Waals surface area contributed by atoms with Crippen molar-refractivity contribution in [2.24, 2.45) is 5.73 Å². The lowest BCUT2D eigenvalue weighted by Crippen LogP contribution is -2.45. The summed E-state index contributed by atoms with van der Waals surface area (Å²) in [5.41, 5.74) is 5.68. The standard InChI is InChI=1S/C10H18N2O2/c1-2-3-9(11)10(14)12(6-7-13)8-4-5-8/h2,8-9,13H,1,3-7,11H2. The minimum atomic E-state index is -0.500. The average Bonchev–Trinajstić information content (AvgIpc) is 2.97. The van der Waals surface area contributed by atoms with Gasteiger partial charge in [-0.25, -0.2) is 0 Å². The largest absolute Gasteiger partial charge is 0.395 e. The summed E-state index contributed by atoms with van der Waals surface area (Å²) in [4.78, 5) is 13.4. The molecule has 0 aromatic carbocycles. The molecule has 1 unspecified atom stereocenters. The second-order valence-electron chi connectivity index (χ2n) is 3.62. The predicted molar refractivity (Wildman–Crippen MR) is 54.6 cm³/mol. The quantitative estimate of drug-likeness (QED) is 0.584. The third kappa shape index (κ3) is 2.82. The van der Waals surface area contributed by atoms with Crippen LogP contribution in [0.4, 0.5) is 0 Å². The van der Waals surface area contributed by atoms with Crippen LogP contribution in [0.2, 0.25) is 0 Å². The van der Waals surface area contributed by atoms with E-state index >= 15 is 0 Å². The Morgan fingerprint density at radius 3 is 2.79 bits per heavy atom. The van der Waals surface area contributed by atoms with Crippen LogP contribution >= 0.6 is 0 Å². The Morgan fingerprint density at radius 2 is 2.36 bits per heavy atom. The van der Waals surface area contributed by atoms with Gasteiger partial charge in [0.15, 0.2) is 0 Å². The summed E-state index contributed by atoms with van der Waals surface area (Å²) in [7, 11) is 0. The van der Waals surface area contributed by atoms with Gasteiger partial charge >= 0.3 is 0 Å². The van der Waals surface area contributed by atoms with Crippen molar-refractivity contribution >= 4 is 5.91 Å². The number of hydrogen-bond acceptors (Lipinski definition) is 3. The lowest BCUT2D eigenvalue weighted by atomic mass is 10.2. The van der Waals surface area contributed by atoms with E-state index in [9.17, 15) is 4.79 Å². The summed E-state index contributed by atoms with van der Waals surface area (Å²) >= 11 is 0. The van der Waals surface area contributed by atoms with Gasteiger partial charge in [0.05, 0.1) is 12.6 Å². The van der Waals surface area contributed by atoms with E-state index in [0.717, 1.165) is 12.8 Å². The number of hydrogen-bond donors (Lipinski definition) is 2. The molecule has 4 nitrogen and oxygen atoms in total. The molecule has 0 radical (unpaired) electrons. The average molecular weight is 198 g/mol. The van der Waals surface area contributed by atoms with Gasteiger partial charge in [-0.2, -0.15) is 0 Å². The molecule has 4 heteroatoms. The minimum Gasteiger partial charge on any atom is -0.395 e. The molecule has 80 valence electrons. The molecule has 1 rings (SSSR count). The molecule has 0 heterocycles. The third-order valence-corrected chi connectivity index (χ3v) is 2.35. The van der Waals surface area contributed by atoms with Gasteiger partial charge in [0.2, 0.25) is 5.91 Å². The lowest BCUT2D eigenvalue weighted by molar-refractivity contribution is -0.133. The first-order valence-corrected chi connectivity index (χ1v) is 4.98. The molecule has 0 aromatic rings. The van der Waals surface area contributed by atoms with Crippen molar-refractivity contribution in [1.29, 1.82) is 0 Å². The molecule has 14 heavy (non-hydrogen) atoms. The molecule has 1 amide bonds. The zero-order valence-electron chi connectivity index (χ0n) is 8.35. The Labute approximate surface area is 84.4 Å². The number of aliphatic hydroxyl groups is 1. The van der Waals surface area contributed by atoms with E-state index in [2.05, 4.69) is 6.58 Å². The van der Waals surface area contributed by atoms with Gasteiger partial charge in [-0.15, -0.1) is 6.58 Å². The van der Waals surface area contributed by atoms with Gasteiger partial charge < -0.3 is 15.7 Å². The van der Waals surface area contributed by atoms with Crippen molar-refractivity contribution in [1.82, 2.24) is 4.90 Å². The van der Waals surface area contributed by atoms with Gasteiger partial charge in [0.1, 0.15) is 0 Å². The normalized spacial score (nSPS) is 17.6. The summed E-state index contributed by atoms with van der Waals surface area (Å²) in [6.07, 6.45) is 4.21. The van der Waals surface area contributed by atoms with Crippen LogP contribution in [-0.2, 0) is 4.79 Å². The molecule has 0 bridgehead atoms. The van der Waals surface area contributed by atoms with Crippen LogP contribution in [0.25, 0.3) is 0 Å². The second-order valence-corrected chi connectivity index (χ2v) is 3.62. The third-order valence-electron chi connectivity index (χ3n) is 2.35. The van der Waals surface area contributed by atoms with Gasteiger partial charge in [-0.3, -0.25) is 4.79 Å². The summed E-state index contributed by atoms with van der Waals surface area (Å²) in [5, 5.41) is 8.82. The zero-order valence-corrected chi connectivity index (χ0v) is 8.35. The monoisotopic (exact) mass is 198 g/mol. The van der Waals surface area contributed by atoms with Gasteiger partial charge in [0, 0.05) is 12.6 Å². The number of rotatable bonds is 6. The SMILES string of the molecule is C=CCC(N)C(=O)N(CCO)C1CC1. The van der Waals surface area contributed by atoms with Crippen LogP contribution < -0.4 is 5.73 Å². The van der Waals surface area contributed by atoms with Crippen LogP contribution in [0, 0.1) is 0 Å². The molecule has 0 saturated heterocycles. The fourth-order valence-electron chi connectivity index (χ4n) is 1.46. The number of nitrogens with two attached hydrogens (primary N) is 1. The van der Waals surface area contributed by atoms with Crippen LogP contribution in [0.5, 0.6) is 0 Å². The number of aliphatic hydroxyl groups excluding tert-OH is 1. The highest BCUT2D eigenvalue weighted by molar-refractivity contribution is 5.82. The first-order valence-electron chi connectivity index (χ1n) is 4.98. The van der Waals surface area contributed by atoms with Crippen molar-refractivity contribution in [3.63, 3.8) is 0 Å². The molecule has 0 spiro atoms. The maximum Gasteiger partial charge on any atom is 0.240 e. The number of nitrogens with zero attached hydrogens (tertiary/aromatic N) is 1. The van der Waals surface area contributed by atoms with Crippen molar-refractivity contribution < 1.29 is 9.90 Å². The van der Waals surface area contributed by atoms with Gasteiger partial charge in [0.25, 0.3) is 0 Å². The summed E-state index contributed by atoms with van der Waals surface area (Å²) in [6, 6.07) is -0.190. The highest BCUT2D eigenvalue weighted by Gasteiger charge is 2.33. The summed E-state index contributed by atoms with van der Waals surface area (Å²) in [5.74, 6) is -0.0681. The number of carbonyl (C=O) groups is 1. The van der Waals surface area contributed by atoms with E-state index in [1.54, 1.807) is 11.0 Å². The van der Waals surface area contributed by atoms with E-state index < -0.39 is 6.04 Å². The molecule has 1 aliphatic carbocycles. The fourth-order valence-corrected chi connectivity index (χ4v) is 1.46. The summed E-state index contributed by atoms with van der Waals surface area (Å²) in [6.45, 7) is 3.95. The minimum absolute atomic E-state index is 0.00303. The van der Waals surface area contributed by atoms with Crippen molar-refractivity contribution in [3.05, 3.63) is 12.7 Å². The molecule has 0 aromatic heterocycles. The summed E-state index contributed by atoms with van der Waals surface area (Å²) < 4.78 is 0. The number of amides is 1. The molecule has 1 aliphatic rings. The molecule has 1 saturated carbocycles. The number of carbonyl (C=O) groups excluding carboxylic acids is 1. The maximum atomic E-state index is 11.7. The Balaban J connectivity index is 2.48. The zero-order chi connectivity index (χ0) is 10.6. The van der Waals surface area contributed by atoms with Crippen molar-refractivity contribution in [3.8, 4) is 0 Å². The Hall–Kier alpha value is -0.870. The topological polar surface area (TPSA) is 66.6 Å². The van der Waals surface area contributed by atoms with E-state index in [1.807, 2.05) is 0 Å². The van der Waals surface area contributed by atoms with E-state index in [-0.39, 0.29) is 12.5 Å². The Morgan fingerprint density at radius 1 is 1.71 bits per heavy atom. The molecule has 1 atom stereocenters. The first kappa shape index (κ1) is 11.2. The highest BCUT2D eigenvalue weighted by Crippen LogP contribution is 2.27. The molecule has 1 fully saturated rings. The van der Waals surface area contributed by atoms with Crippen LogP contribution in [0.1, 0.15) is 19.3 Å². The Kier molecular flexibility index (Phi) is 4.10. The van der Waals surface area contributed by atoms with Crippen LogP contribution in [-0.4, -0.2) is 41.1 Å². The van der Waals surface area contributed by atoms with Gasteiger partial charge in [-0.1, -0.05) is 6.08 Å². The Bertz CT molecular complexity index is 214. The van der Waals surface area contributed by atoms with Gasteiger partial charge in [-0.05, 0) is 19.3 Å². The van der Waals surface area contributed by atoms with Crippen molar-refractivity contribution in [2.45, 2.75) is 31.3 Å².